The van der Waals surface area contributed by atoms with E-state index in [1.54, 1.807) is 6.07 Å². The van der Waals surface area contributed by atoms with Crippen LogP contribution >= 0.6 is 0 Å². The number of carbonyl (C=O) groups excluding carboxylic acids is 2. The number of benzene rings is 2. The maximum atomic E-state index is 12.0. The number of aromatic hydroxyl groups is 1. The Balaban J connectivity index is 1.66. The summed E-state index contributed by atoms with van der Waals surface area (Å²) in [4.78, 5) is 37.2. The van der Waals surface area contributed by atoms with Crippen molar-refractivity contribution in [3.63, 3.8) is 0 Å². The van der Waals surface area contributed by atoms with Gasteiger partial charge in [0.05, 0.1) is 5.56 Å². The van der Waals surface area contributed by atoms with Crippen LogP contribution in [-0.4, -0.2) is 28.6 Å². The highest BCUT2D eigenvalue weighted by Gasteiger charge is 2.13. The Morgan fingerprint density at radius 2 is 1.84 bits per heavy atom. The quantitative estimate of drug-likeness (QED) is 0.631. The van der Waals surface area contributed by atoms with E-state index in [1.807, 2.05) is 36.4 Å². The number of ether oxygens (including phenoxy) is 1. The van der Waals surface area contributed by atoms with Gasteiger partial charge in [0.15, 0.2) is 12.5 Å². The van der Waals surface area contributed by atoms with Gasteiger partial charge in [-0.2, -0.15) is 0 Å². The summed E-state index contributed by atoms with van der Waals surface area (Å²) in [6, 6.07) is 15.0. The molecule has 0 fully saturated rings. The minimum Gasteiger partial charge on any atom is -0.494 e. The van der Waals surface area contributed by atoms with Crippen LogP contribution in [0.2, 0.25) is 0 Å². The van der Waals surface area contributed by atoms with Crippen LogP contribution < -0.4 is 10.9 Å². The van der Waals surface area contributed by atoms with Gasteiger partial charge in [0, 0.05) is 23.2 Å². The highest BCUT2D eigenvalue weighted by Crippen LogP contribution is 2.22. The van der Waals surface area contributed by atoms with E-state index < -0.39 is 29.9 Å². The molecule has 3 N–H and O–H groups in total. The third kappa shape index (κ3) is 3.84. The summed E-state index contributed by atoms with van der Waals surface area (Å²) in [6.07, 6.45) is 0. The minimum absolute atomic E-state index is 0.140. The van der Waals surface area contributed by atoms with Gasteiger partial charge >= 0.3 is 5.97 Å². The standard InChI is InChI=1S/C18H14N2O5/c21-15-8-12(9-16(22)20-15)18(24)25-10-17(23)19-14-7-3-5-11-4-1-2-6-13(11)14/h1-9H,10H2,(H,19,23)(H2,20,21,22). The van der Waals surface area contributed by atoms with Crippen LogP contribution in [0.5, 0.6) is 5.88 Å². The number of aromatic nitrogens is 1. The van der Waals surface area contributed by atoms with Gasteiger partial charge in [-0.3, -0.25) is 14.6 Å². The first-order valence-corrected chi connectivity index (χ1v) is 7.41. The van der Waals surface area contributed by atoms with Crippen molar-refractivity contribution >= 4 is 28.3 Å². The molecule has 7 nitrogen and oxygen atoms in total. The van der Waals surface area contributed by atoms with Crippen molar-refractivity contribution in [2.24, 2.45) is 0 Å². The Kier molecular flexibility index (Phi) is 4.47. The van der Waals surface area contributed by atoms with Gasteiger partial charge in [-0.15, -0.1) is 0 Å². The number of H-pyrrole nitrogens is 1. The van der Waals surface area contributed by atoms with E-state index in [0.29, 0.717) is 5.69 Å². The molecule has 0 radical (unpaired) electrons. The molecule has 1 aromatic heterocycles. The minimum atomic E-state index is -0.880. The van der Waals surface area contributed by atoms with E-state index in [1.165, 1.54) is 0 Å². The molecule has 1 amide bonds. The maximum Gasteiger partial charge on any atom is 0.339 e. The van der Waals surface area contributed by atoms with Crippen LogP contribution in [0.3, 0.4) is 0 Å². The lowest BCUT2D eigenvalue weighted by Crippen LogP contribution is -2.21. The molecule has 0 atom stereocenters. The summed E-state index contributed by atoms with van der Waals surface area (Å²) < 4.78 is 4.87. The zero-order valence-electron chi connectivity index (χ0n) is 13.0. The number of nitrogens with one attached hydrogen (secondary N) is 2. The van der Waals surface area contributed by atoms with Gasteiger partial charge in [-0.25, -0.2) is 4.79 Å². The molecule has 2 aromatic carbocycles. The third-order valence-corrected chi connectivity index (χ3v) is 3.46. The fraction of sp³-hybridized carbons (Fsp3) is 0.0556. The predicted molar refractivity (Wildman–Crippen MR) is 91.6 cm³/mol. The van der Waals surface area contributed by atoms with Crippen molar-refractivity contribution in [2.75, 3.05) is 11.9 Å². The molecule has 0 unspecified atom stereocenters. The highest BCUT2D eigenvalue weighted by atomic mass is 16.5. The fourth-order valence-corrected chi connectivity index (χ4v) is 2.38. The normalized spacial score (nSPS) is 10.4. The number of anilines is 1. The summed E-state index contributed by atoms with van der Waals surface area (Å²) in [5, 5.41) is 13.8. The zero-order chi connectivity index (χ0) is 17.8. The maximum absolute atomic E-state index is 12.0. The summed E-state index contributed by atoms with van der Waals surface area (Å²) >= 11 is 0. The summed E-state index contributed by atoms with van der Waals surface area (Å²) in [5.74, 6) is -1.85. The molecule has 0 aliphatic heterocycles. The van der Waals surface area contributed by atoms with Crippen LogP contribution in [0.25, 0.3) is 10.8 Å². The number of rotatable bonds is 4. The molecule has 1 heterocycles. The Labute approximate surface area is 141 Å². The number of hydrogen-bond donors (Lipinski definition) is 3. The van der Waals surface area contributed by atoms with Crippen molar-refractivity contribution in [2.45, 2.75) is 0 Å². The Morgan fingerprint density at radius 1 is 1.08 bits per heavy atom. The van der Waals surface area contributed by atoms with Crippen molar-refractivity contribution in [3.05, 3.63) is 70.5 Å². The molecule has 0 saturated heterocycles. The van der Waals surface area contributed by atoms with Gasteiger partial charge in [0.1, 0.15) is 0 Å². The molecular formula is C18H14N2O5. The zero-order valence-corrected chi connectivity index (χ0v) is 13.0. The van der Waals surface area contributed by atoms with E-state index in [4.69, 9.17) is 4.74 Å². The molecule has 0 bridgehead atoms. The Morgan fingerprint density at radius 3 is 2.64 bits per heavy atom. The van der Waals surface area contributed by atoms with Crippen molar-refractivity contribution < 1.29 is 19.4 Å². The van der Waals surface area contributed by atoms with Crippen LogP contribution in [0.1, 0.15) is 10.4 Å². The molecule has 3 rings (SSSR count). The average molecular weight is 338 g/mol. The molecule has 0 aliphatic rings. The fourth-order valence-electron chi connectivity index (χ4n) is 2.38. The van der Waals surface area contributed by atoms with E-state index in [-0.39, 0.29) is 5.56 Å². The number of pyridine rings is 1. The molecule has 126 valence electrons. The Bertz CT molecular complexity index is 1000. The molecule has 0 spiro atoms. The molecular weight excluding hydrogens is 324 g/mol. The molecule has 0 saturated carbocycles. The smallest absolute Gasteiger partial charge is 0.339 e. The number of esters is 1. The lowest BCUT2D eigenvalue weighted by atomic mass is 10.1. The largest absolute Gasteiger partial charge is 0.494 e. The second-order valence-corrected chi connectivity index (χ2v) is 5.27. The summed E-state index contributed by atoms with van der Waals surface area (Å²) in [7, 11) is 0. The predicted octanol–water partition coefficient (Wildman–Crippen LogP) is 2.03. The van der Waals surface area contributed by atoms with Gasteiger partial charge < -0.3 is 15.2 Å². The first-order chi connectivity index (χ1) is 12.0. The van der Waals surface area contributed by atoms with Crippen LogP contribution in [0.4, 0.5) is 5.69 Å². The van der Waals surface area contributed by atoms with Crippen molar-refractivity contribution in [1.82, 2.24) is 4.98 Å². The topological polar surface area (TPSA) is 108 Å². The number of fused-ring (bicyclic) bond motifs is 1. The second-order valence-electron chi connectivity index (χ2n) is 5.27. The third-order valence-electron chi connectivity index (χ3n) is 3.46. The monoisotopic (exact) mass is 338 g/mol. The number of aromatic amines is 1. The number of carbonyl (C=O) groups is 2. The molecule has 0 aliphatic carbocycles. The first-order valence-electron chi connectivity index (χ1n) is 7.41. The molecule has 7 heteroatoms. The lowest BCUT2D eigenvalue weighted by Gasteiger charge is -2.09. The number of amides is 1. The molecule has 25 heavy (non-hydrogen) atoms. The van der Waals surface area contributed by atoms with Crippen molar-refractivity contribution in [1.29, 1.82) is 0 Å². The van der Waals surface area contributed by atoms with Crippen LogP contribution in [-0.2, 0) is 9.53 Å². The second kappa shape index (κ2) is 6.88. The average Bonchev–Trinajstić information content (AvgIpc) is 2.59. The number of hydrogen-bond acceptors (Lipinski definition) is 5. The van der Waals surface area contributed by atoms with Crippen molar-refractivity contribution in [3.8, 4) is 5.88 Å². The summed E-state index contributed by atoms with van der Waals surface area (Å²) in [6.45, 7) is -0.518. The van der Waals surface area contributed by atoms with Crippen LogP contribution in [0, 0.1) is 0 Å². The van der Waals surface area contributed by atoms with Gasteiger partial charge in [0.25, 0.3) is 11.5 Å². The SMILES string of the molecule is O=C(COC(=O)c1cc(O)[nH]c(=O)c1)Nc1cccc2ccccc12. The highest BCUT2D eigenvalue weighted by molar-refractivity contribution is 6.03. The van der Waals surface area contributed by atoms with Crippen LogP contribution in [0.15, 0.2) is 59.4 Å². The van der Waals surface area contributed by atoms with E-state index in [9.17, 15) is 19.5 Å². The van der Waals surface area contributed by atoms with Gasteiger partial charge in [-0.1, -0.05) is 36.4 Å². The lowest BCUT2D eigenvalue weighted by molar-refractivity contribution is -0.119. The first kappa shape index (κ1) is 16.3. The summed E-state index contributed by atoms with van der Waals surface area (Å²) in [5.41, 5.74) is -0.181. The Hall–Kier alpha value is -3.61. The molecule has 3 aromatic rings. The van der Waals surface area contributed by atoms with Gasteiger partial charge in [0.2, 0.25) is 0 Å². The van der Waals surface area contributed by atoms with Gasteiger partial charge in [-0.05, 0) is 11.5 Å². The van der Waals surface area contributed by atoms with E-state index >= 15 is 0 Å². The van der Waals surface area contributed by atoms with E-state index in [0.717, 1.165) is 22.9 Å². The van der Waals surface area contributed by atoms with E-state index in [2.05, 4.69) is 10.3 Å².